The number of hydrogen-bond donors (Lipinski definition) is 1. The van der Waals surface area contributed by atoms with Gasteiger partial charge in [0, 0.05) is 31.0 Å². The molecular weight excluding hydrogens is 224 g/mol. The lowest BCUT2D eigenvalue weighted by Crippen LogP contribution is -2.07. The van der Waals surface area contributed by atoms with Crippen LogP contribution in [0.15, 0.2) is 43.0 Å². The Hall–Kier alpha value is -2.07. The van der Waals surface area contributed by atoms with E-state index < -0.39 is 0 Å². The van der Waals surface area contributed by atoms with Gasteiger partial charge in [0.05, 0.1) is 12.0 Å². The Bertz CT molecular complexity index is 678. The van der Waals surface area contributed by atoms with Gasteiger partial charge in [-0.15, -0.1) is 0 Å². The number of hydrogen-bond acceptors (Lipinski definition) is 2. The molecule has 0 bridgehead atoms. The summed E-state index contributed by atoms with van der Waals surface area (Å²) in [6.45, 7) is 3.54. The smallest absolute Gasteiger partial charge is 0.105 e. The standard InChI is InChI=1S/C14H16N4/c1-11-8-12-4-2-3-6-18(12)14(11)13-9-17(7-5-15)10-16-13/h2-4,6,8-10H,5,7,15H2,1H3. The number of aryl methyl sites for hydroxylation is 1. The van der Waals surface area contributed by atoms with Crippen LogP contribution in [0.2, 0.25) is 0 Å². The highest BCUT2D eigenvalue weighted by Gasteiger charge is 2.11. The molecule has 3 aromatic heterocycles. The molecule has 18 heavy (non-hydrogen) atoms. The Morgan fingerprint density at radius 1 is 1.33 bits per heavy atom. The van der Waals surface area contributed by atoms with Crippen LogP contribution in [0.25, 0.3) is 16.9 Å². The SMILES string of the molecule is Cc1cc2ccccn2c1-c1cn(CCN)cn1. The molecule has 4 nitrogen and oxygen atoms in total. The summed E-state index contributed by atoms with van der Waals surface area (Å²) in [7, 11) is 0. The Morgan fingerprint density at radius 3 is 3.06 bits per heavy atom. The summed E-state index contributed by atoms with van der Waals surface area (Å²) in [6.07, 6.45) is 5.96. The minimum atomic E-state index is 0.629. The Kier molecular flexibility index (Phi) is 2.64. The van der Waals surface area contributed by atoms with Crippen LogP contribution in [0.3, 0.4) is 0 Å². The van der Waals surface area contributed by atoms with E-state index in [9.17, 15) is 0 Å². The third kappa shape index (κ3) is 1.71. The molecule has 0 saturated carbocycles. The van der Waals surface area contributed by atoms with E-state index in [0.717, 1.165) is 17.9 Å². The first kappa shape index (κ1) is 11.0. The van der Waals surface area contributed by atoms with Gasteiger partial charge >= 0.3 is 0 Å². The van der Waals surface area contributed by atoms with Gasteiger partial charge in [-0.1, -0.05) is 6.07 Å². The fourth-order valence-electron chi connectivity index (χ4n) is 2.34. The zero-order valence-corrected chi connectivity index (χ0v) is 10.4. The van der Waals surface area contributed by atoms with Crippen molar-refractivity contribution in [2.24, 2.45) is 5.73 Å². The van der Waals surface area contributed by atoms with Crippen LogP contribution in [0.5, 0.6) is 0 Å². The van der Waals surface area contributed by atoms with Crippen molar-refractivity contribution >= 4 is 5.52 Å². The average Bonchev–Trinajstić information content (AvgIpc) is 2.92. The molecule has 3 rings (SSSR count). The largest absolute Gasteiger partial charge is 0.336 e. The minimum Gasteiger partial charge on any atom is -0.336 e. The molecule has 0 saturated heterocycles. The monoisotopic (exact) mass is 240 g/mol. The summed E-state index contributed by atoms with van der Waals surface area (Å²) in [5, 5.41) is 0. The highest BCUT2D eigenvalue weighted by molar-refractivity contribution is 5.68. The van der Waals surface area contributed by atoms with Gasteiger partial charge in [0.1, 0.15) is 5.69 Å². The maximum Gasteiger partial charge on any atom is 0.105 e. The van der Waals surface area contributed by atoms with Gasteiger partial charge in [0.2, 0.25) is 0 Å². The van der Waals surface area contributed by atoms with Gasteiger partial charge in [-0.05, 0) is 30.7 Å². The van der Waals surface area contributed by atoms with Gasteiger partial charge in [-0.2, -0.15) is 0 Å². The van der Waals surface area contributed by atoms with Gasteiger partial charge < -0.3 is 14.7 Å². The van der Waals surface area contributed by atoms with E-state index in [1.807, 2.05) is 23.0 Å². The number of pyridine rings is 1. The fourth-order valence-corrected chi connectivity index (χ4v) is 2.34. The second-order valence-electron chi connectivity index (χ2n) is 4.46. The predicted molar refractivity (Wildman–Crippen MR) is 72.4 cm³/mol. The summed E-state index contributed by atoms with van der Waals surface area (Å²) < 4.78 is 4.20. The van der Waals surface area contributed by atoms with Gasteiger partial charge in [0.25, 0.3) is 0 Å². The molecule has 0 aromatic carbocycles. The third-order valence-corrected chi connectivity index (χ3v) is 3.13. The van der Waals surface area contributed by atoms with Crippen LogP contribution in [0, 0.1) is 6.92 Å². The van der Waals surface area contributed by atoms with E-state index in [0.29, 0.717) is 6.54 Å². The van der Waals surface area contributed by atoms with E-state index in [4.69, 9.17) is 5.73 Å². The molecule has 0 radical (unpaired) electrons. The molecule has 4 heteroatoms. The van der Waals surface area contributed by atoms with E-state index in [-0.39, 0.29) is 0 Å². The molecule has 0 amide bonds. The molecule has 92 valence electrons. The predicted octanol–water partition coefficient (Wildman–Crippen LogP) is 2.07. The summed E-state index contributed by atoms with van der Waals surface area (Å²) in [4.78, 5) is 4.47. The molecule has 3 heterocycles. The Labute approximate surface area is 106 Å². The lowest BCUT2D eigenvalue weighted by molar-refractivity contribution is 0.708. The van der Waals surface area contributed by atoms with Crippen LogP contribution in [0.1, 0.15) is 5.56 Å². The highest BCUT2D eigenvalue weighted by Crippen LogP contribution is 2.25. The second-order valence-corrected chi connectivity index (χ2v) is 4.46. The fraction of sp³-hybridized carbons (Fsp3) is 0.214. The van der Waals surface area contributed by atoms with Crippen LogP contribution < -0.4 is 5.73 Å². The number of nitrogens with two attached hydrogens (primary N) is 1. The van der Waals surface area contributed by atoms with Crippen LogP contribution in [0.4, 0.5) is 0 Å². The van der Waals surface area contributed by atoms with Crippen molar-refractivity contribution in [3.05, 3.63) is 48.5 Å². The molecule has 0 fully saturated rings. The van der Waals surface area contributed by atoms with E-state index >= 15 is 0 Å². The molecule has 0 atom stereocenters. The van der Waals surface area contributed by atoms with E-state index in [1.165, 1.54) is 11.1 Å². The third-order valence-electron chi connectivity index (χ3n) is 3.13. The van der Waals surface area contributed by atoms with Crippen molar-refractivity contribution in [1.29, 1.82) is 0 Å². The number of fused-ring (bicyclic) bond motifs is 1. The summed E-state index contributed by atoms with van der Waals surface area (Å²) >= 11 is 0. The molecule has 0 aliphatic rings. The summed E-state index contributed by atoms with van der Waals surface area (Å²) in [5.41, 5.74) is 10.1. The normalized spacial score (nSPS) is 11.2. The first-order chi connectivity index (χ1) is 8.79. The average molecular weight is 240 g/mol. The van der Waals surface area contributed by atoms with E-state index in [2.05, 4.69) is 40.8 Å². The topological polar surface area (TPSA) is 48.2 Å². The highest BCUT2D eigenvalue weighted by atomic mass is 15.1. The first-order valence-electron chi connectivity index (χ1n) is 6.08. The van der Waals surface area contributed by atoms with Gasteiger partial charge in [0.15, 0.2) is 0 Å². The van der Waals surface area contributed by atoms with Crippen molar-refractivity contribution in [2.75, 3.05) is 6.54 Å². The molecule has 0 unspecified atom stereocenters. The molecule has 0 aliphatic carbocycles. The van der Waals surface area contributed by atoms with E-state index in [1.54, 1.807) is 0 Å². The van der Waals surface area contributed by atoms with Crippen molar-refractivity contribution in [3.63, 3.8) is 0 Å². The molecule has 0 aliphatic heterocycles. The van der Waals surface area contributed by atoms with Crippen molar-refractivity contribution in [3.8, 4) is 11.4 Å². The molecule has 2 N–H and O–H groups in total. The minimum absolute atomic E-state index is 0.629. The maximum absolute atomic E-state index is 5.56. The van der Waals surface area contributed by atoms with Crippen molar-refractivity contribution < 1.29 is 0 Å². The molecular formula is C14H16N4. The van der Waals surface area contributed by atoms with Gasteiger partial charge in [-0.3, -0.25) is 0 Å². The molecule has 3 aromatic rings. The lowest BCUT2D eigenvalue weighted by Gasteiger charge is -2.01. The first-order valence-corrected chi connectivity index (χ1v) is 6.08. The Morgan fingerprint density at radius 2 is 2.22 bits per heavy atom. The molecule has 0 spiro atoms. The number of nitrogens with zero attached hydrogens (tertiary/aromatic N) is 3. The van der Waals surface area contributed by atoms with Crippen molar-refractivity contribution in [1.82, 2.24) is 14.0 Å². The van der Waals surface area contributed by atoms with Crippen LogP contribution in [-0.2, 0) is 6.54 Å². The maximum atomic E-state index is 5.56. The summed E-state index contributed by atoms with van der Waals surface area (Å²) in [5.74, 6) is 0. The zero-order chi connectivity index (χ0) is 12.5. The number of imidazole rings is 1. The summed E-state index contributed by atoms with van der Waals surface area (Å²) in [6, 6.07) is 8.36. The van der Waals surface area contributed by atoms with Crippen LogP contribution in [-0.4, -0.2) is 20.5 Å². The van der Waals surface area contributed by atoms with Crippen LogP contribution >= 0.6 is 0 Å². The van der Waals surface area contributed by atoms with Crippen molar-refractivity contribution in [2.45, 2.75) is 13.5 Å². The Balaban J connectivity index is 2.15. The zero-order valence-electron chi connectivity index (χ0n) is 10.4. The quantitative estimate of drug-likeness (QED) is 0.762. The lowest BCUT2D eigenvalue weighted by atomic mass is 10.2. The number of aromatic nitrogens is 3. The number of rotatable bonds is 3. The van der Waals surface area contributed by atoms with Gasteiger partial charge in [-0.25, -0.2) is 4.98 Å². The second kappa shape index (κ2) is 4.31.